The van der Waals surface area contributed by atoms with Gasteiger partial charge in [0.2, 0.25) is 0 Å². The van der Waals surface area contributed by atoms with Gasteiger partial charge in [-0.25, -0.2) is 0 Å². The molecule has 3 atom stereocenters. The molecule has 1 aliphatic heterocycles. The van der Waals surface area contributed by atoms with Gasteiger partial charge in [-0.15, -0.1) is 6.58 Å². The fourth-order valence-corrected chi connectivity index (χ4v) is 4.06. The first kappa shape index (κ1) is 23.9. The van der Waals surface area contributed by atoms with Gasteiger partial charge in [-0.3, -0.25) is 4.79 Å². The molecule has 5 nitrogen and oxygen atoms in total. The van der Waals surface area contributed by atoms with Crippen LogP contribution >= 0.6 is 0 Å². The molecule has 5 heteroatoms. The molecule has 0 saturated carbocycles. The third-order valence-corrected chi connectivity index (χ3v) is 5.83. The topological polar surface area (TPSA) is 48.0 Å². The molecule has 3 aromatic rings. The molecule has 0 bridgehead atoms. The van der Waals surface area contributed by atoms with E-state index in [1.807, 2.05) is 91.0 Å². The number of carbonyl (C=O) groups is 1. The van der Waals surface area contributed by atoms with Gasteiger partial charge in [-0.2, -0.15) is 0 Å². The van der Waals surface area contributed by atoms with Crippen molar-refractivity contribution in [3.8, 4) is 0 Å². The van der Waals surface area contributed by atoms with Crippen LogP contribution in [0.15, 0.2) is 104 Å². The lowest BCUT2D eigenvalue weighted by Gasteiger charge is -2.42. The van der Waals surface area contributed by atoms with Crippen molar-refractivity contribution in [2.45, 2.75) is 38.1 Å². The molecule has 1 heterocycles. The molecule has 4 rings (SSSR count). The van der Waals surface area contributed by atoms with Gasteiger partial charge in [0.15, 0.2) is 6.10 Å². The summed E-state index contributed by atoms with van der Waals surface area (Å²) in [5.41, 5.74) is 3.10. The first-order valence-corrected chi connectivity index (χ1v) is 11.6. The second kappa shape index (κ2) is 12.3. The van der Waals surface area contributed by atoms with Crippen LogP contribution in [0.2, 0.25) is 0 Å². The summed E-state index contributed by atoms with van der Waals surface area (Å²) in [6.07, 6.45) is 0.0629. The summed E-state index contributed by atoms with van der Waals surface area (Å²) in [5, 5.41) is 0. The highest BCUT2D eigenvalue weighted by molar-refractivity contribution is 5.83. The highest BCUT2D eigenvalue weighted by Gasteiger charge is 2.44. The average Bonchev–Trinajstić information content (AvgIpc) is 2.89. The number of likely N-dealkylation sites (tertiary alicyclic amines) is 1. The van der Waals surface area contributed by atoms with Crippen LogP contribution in [0.4, 0.5) is 0 Å². The minimum atomic E-state index is -0.779. The number of hydrogen-bond donors (Lipinski definition) is 0. The van der Waals surface area contributed by atoms with E-state index in [1.165, 1.54) is 0 Å². The van der Waals surface area contributed by atoms with E-state index in [2.05, 4.69) is 6.58 Å². The molecule has 3 aromatic carbocycles. The van der Waals surface area contributed by atoms with Crippen LogP contribution in [-0.2, 0) is 38.8 Å². The van der Waals surface area contributed by atoms with E-state index >= 15 is 0 Å². The Balaban J connectivity index is 1.55. The SMILES string of the molecule is C=CCN1C[C@@H](OCc2ccccc2)[C@@H](OCc2ccccc2)[C@H](OCc2ccccc2)C1=O. The van der Waals surface area contributed by atoms with Crippen LogP contribution in [0.25, 0.3) is 0 Å². The molecule has 1 amide bonds. The Morgan fingerprint density at radius 3 is 1.71 bits per heavy atom. The number of benzene rings is 3. The number of carbonyl (C=O) groups excluding carboxylic acids is 1. The first-order valence-electron chi connectivity index (χ1n) is 11.6. The maximum Gasteiger partial charge on any atom is 0.254 e. The summed E-state index contributed by atoms with van der Waals surface area (Å²) in [6, 6.07) is 29.8. The van der Waals surface area contributed by atoms with Crippen molar-refractivity contribution >= 4 is 5.91 Å². The zero-order valence-corrected chi connectivity index (χ0v) is 19.3. The number of hydrogen-bond acceptors (Lipinski definition) is 4. The van der Waals surface area contributed by atoms with Crippen molar-refractivity contribution in [2.24, 2.45) is 0 Å². The lowest BCUT2D eigenvalue weighted by molar-refractivity contribution is -0.195. The van der Waals surface area contributed by atoms with E-state index in [0.717, 1.165) is 16.7 Å². The van der Waals surface area contributed by atoms with E-state index < -0.39 is 12.2 Å². The van der Waals surface area contributed by atoms with Crippen molar-refractivity contribution in [3.05, 3.63) is 120 Å². The van der Waals surface area contributed by atoms with Crippen LogP contribution in [0.1, 0.15) is 16.7 Å². The molecule has 0 radical (unpaired) electrons. The Labute approximate surface area is 201 Å². The summed E-state index contributed by atoms with van der Waals surface area (Å²) in [5.74, 6) is -0.103. The quantitative estimate of drug-likeness (QED) is 0.389. The number of amides is 1. The Hall–Kier alpha value is -3.25. The molecular weight excluding hydrogens is 426 g/mol. The van der Waals surface area contributed by atoms with Crippen LogP contribution < -0.4 is 0 Å². The van der Waals surface area contributed by atoms with Gasteiger partial charge >= 0.3 is 0 Å². The standard InChI is InChI=1S/C29H31NO4/c1-2-18-30-19-26(32-20-23-12-6-3-7-13-23)27(33-21-24-14-8-4-9-15-24)28(29(30)31)34-22-25-16-10-5-11-17-25/h2-17,26-28H,1,18-22H2/t26-,27-,28+/m1/s1. The normalized spacial score (nSPS) is 20.3. The van der Waals surface area contributed by atoms with E-state index in [-0.39, 0.29) is 12.0 Å². The maximum absolute atomic E-state index is 13.4. The van der Waals surface area contributed by atoms with Gasteiger partial charge in [0, 0.05) is 13.1 Å². The molecule has 0 unspecified atom stereocenters. The maximum atomic E-state index is 13.4. The van der Waals surface area contributed by atoms with Gasteiger partial charge in [0.25, 0.3) is 5.91 Å². The van der Waals surface area contributed by atoms with Gasteiger partial charge < -0.3 is 19.1 Å². The highest BCUT2D eigenvalue weighted by atomic mass is 16.6. The van der Waals surface area contributed by atoms with E-state index in [4.69, 9.17) is 14.2 Å². The summed E-state index contributed by atoms with van der Waals surface area (Å²) in [6.45, 7) is 5.78. The Bertz CT molecular complexity index is 1030. The fourth-order valence-electron chi connectivity index (χ4n) is 4.06. The van der Waals surface area contributed by atoms with Crippen molar-refractivity contribution in [3.63, 3.8) is 0 Å². The van der Waals surface area contributed by atoms with E-state index in [9.17, 15) is 4.79 Å². The fraction of sp³-hybridized carbons (Fsp3) is 0.276. The molecule has 0 aliphatic carbocycles. The van der Waals surface area contributed by atoms with Crippen LogP contribution in [0.5, 0.6) is 0 Å². The van der Waals surface area contributed by atoms with Crippen molar-refractivity contribution < 1.29 is 19.0 Å². The van der Waals surface area contributed by atoms with Crippen molar-refractivity contribution in [1.82, 2.24) is 4.90 Å². The van der Waals surface area contributed by atoms with Gasteiger partial charge in [-0.1, -0.05) is 97.1 Å². The van der Waals surface area contributed by atoms with Gasteiger partial charge in [0.05, 0.1) is 19.8 Å². The van der Waals surface area contributed by atoms with Gasteiger partial charge in [-0.05, 0) is 16.7 Å². The molecule has 0 spiro atoms. The molecule has 1 saturated heterocycles. The lowest BCUT2D eigenvalue weighted by atomic mass is 9.99. The number of rotatable bonds is 11. The highest BCUT2D eigenvalue weighted by Crippen LogP contribution is 2.25. The van der Waals surface area contributed by atoms with E-state index in [0.29, 0.717) is 32.9 Å². The number of ether oxygens (including phenoxy) is 3. The monoisotopic (exact) mass is 457 g/mol. The molecular formula is C29H31NO4. The second-order valence-electron chi connectivity index (χ2n) is 8.35. The largest absolute Gasteiger partial charge is 0.369 e. The predicted octanol–water partition coefficient (Wildman–Crippen LogP) is 4.77. The van der Waals surface area contributed by atoms with Crippen molar-refractivity contribution in [1.29, 1.82) is 0 Å². The minimum absolute atomic E-state index is 0.103. The summed E-state index contributed by atoms with van der Waals surface area (Å²) >= 11 is 0. The van der Waals surface area contributed by atoms with Crippen LogP contribution in [-0.4, -0.2) is 42.2 Å². The Morgan fingerprint density at radius 1 is 0.735 bits per heavy atom. The molecule has 34 heavy (non-hydrogen) atoms. The molecule has 1 fully saturated rings. The lowest BCUT2D eigenvalue weighted by Crippen LogP contribution is -2.61. The predicted molar refractivity (Wildman–Crippen MR) is 132 cm³/mol. The van der Waals surface area contributed by atoms with Crippen LogP contribution in [0.3, 0.4) is 0 Å². The minimum Gasteiger partial charge on any atom is -0.369 e. The molecule has 0 aromatic heterocycles. The summed E-state index contributed by atoms with van der Waals surface area (Å²) in [4.78, 5) is 15.1. The summed E-state index contributed by atoms with van der Waals surface area (Å²) < 4.78 is 18.9. The number of nitrogens with zero attached hydrogens (tertiary/aromatic N) is 1. The zero-order chi connectivity index (χ0) is 23.6. The zero-order valence-electron chi connectivity index (χ0n) is 19.3. The third-order valence-electron chi connectivity index (χ3n) is 5.83. The van der Waals surface area contributed by atoms with Gasteiger partial charge in [0.1, 0.15) is 12.2 Å². The first-order chi connectivity index (χ1) is 16.7. The molecule has 0 N–H and O–H groups in total. The summed E-state index contributed by atoms with van der Waals surface area (Å²) in [7, 11) is 0. The molecule has 1 aliphatic rings. The number of piperidine rings is 1. The van der Waals surface area contributed by atoms with E-state index in [1.54, 1.807) is 11.0 Å². The smallest absolute Gasteiger partial charge is 0.254 e. The molecule has 176 valence electrons. The Kier molecular flexibility index (Phi) is 8.63. The average molecular weight is 458 g/mol. The van der Waals surface area contributed by atoms with Crippen LogP contribution in [0, 0.1) is 0 Å². The van der Waals surface area contributed by atoms with Crippen molar-refractivity contribution in [2.75, 3.05) is 13.1 Å². The second-order valence-corrected chi connectivity index (χ2v) is 8.35. The Morgan fingerprint density at radius 2 is 1.21 bits per heavy atom. The third kappa shape index (κ3) is 6.41.